The van der Waals surface area contributed by atoms with E-state index in [2.05, 4.69) is 41.9 Å². The first-order chi connectivity index (χ1) is 13.2. The van der Waals surface area contributed by atoms with Crippen molar-refractivity contribution in [2.45, 2.75) is 32.4 Å². The molecule has 1 aliphatic heterocycles. The molecule has 1 fully saturated rings. The van der Waals surface area contributed by atoms with E-state index in [9.17, 15) is 5.11 Å². The lowest BCUT2D eigenvalue weighted by molar-refractivity contribution is 0.154. The highest BCUT2D eigenvalue weighted by Crippen LogP contribution is 2.20. The van der Waals surface area contributed by atoms with E-state index in [1.807, 2.05) is 31.3 Å². The fourth-order valence-corrected chi connectivity index (χ4v) is 3.48. The first-order valence-corrected chi connectivity index (χ1v) is 9.29. The predicted octanol–water partition coefficient (Wildman–Crippen LogP) is 2.54. The van der Waals surface area contributed by atoms with Crippen LogP contribution >= 0.6 is 0 Å². The van der Waals surface area contributed by atoms with Gasteiger partial charge >= 0.3 is 0 Å². The third-order valence-corrected chi connectivity index (χ3v) is 4.88. The molecule has 1 atom stereocenters. The second-order valence-electron chi connectivity index (χ2n) is 6.81. The normalized spacial score (nSPS) is 17.1. The largest absolute Gasteiger partial charge is 0.391 e. The van der Waals surface area contributed by atoms with Crippen LogP contribution in [0.2, 0.25) is 0 Å². The average Bonchev–Trinajstić information content (AvgIpc) is 3.12. The number of hydrogen-bond acceptors (Lipinski definition) is 6. The number of nitrogens with one attached hydrogen (secondary N) is 1. The Kier molecular flexibility index (Phi) is 5.02. The molecule has 2 aromatic heterocycles. The monoisotopic (exact) mass is 364 g/mol. The summed E-state index contributed by atoms with van der Waals surface area (Å²) in [5.41, 5.74) is 2.23. The Morgan fingerprint density at radius 1 is 1.19 bits per heavy atom. The van der Waals surface area contributed by atoms with Gasteiger partial charge < -0.3 is 19.9 Å². The van der Waals surface area contributed by atoms with E-state index in [-0.39, 0.29) is 6.10 Å². The second kappa shape index (κ2) is 7.75. The van der Waals surface area contributed by atoms with Gasteiger partial charge in [-0.05, 0) is 37.5 Å². The van der Waals surface area contributed by atoms with Crippen LogP contribution in [0, 0.1) is 6.92 Å². The molecule has 0 amide bonds. The number of para-hydroxylation sites is 1. The molecule has 0 unspecified atom stereocenters. The molecular weight excluding hydrogens is 340 g/mol. The quantitative estimate of drug-likeness (QED) is 0.724. The molecule has 0 spiro atoms. The number of rotatable bonds is 5. The van der Waals surface area contributed by atoms with Crippen molar-refractivity contribution in [1.29, 1.82) is 0 Å². The highest BCUT2D eigenvalue weighted by molar-refractivity contribution is 5.46. The number of hydrogen-bond donors (Lipinski definition) is 2. The van der Waals surface area contributed by atoms with Gasteiger partial charge in [0.15, 0.2) is 0 Å². The Balaban J connectivity index is 1.50. The van der Waals surface area contributed by atoms with Crippen LogP contribution in [-0.2, 0) is 6.54 Å². The van der Waals surface area contributed by atoms with Crippen molar-refractivity contribution < 1.29 is 5.11 Å². The molecule has 0 bridgehead atoms. The molecule has 27 heavy (non-hydrogen) atoms. The van der Waals surface area contributed by atoms with Gasteiger partial charge in [0.25, 0.3) is 0 Å². The number of anilines is 2. The lowest BCUT2D eigenvalue weighted by atomic mass is 10.1. The number of aliphatic hydroxyl groups excluding tert-OH is 1. The van der Waals surface area contributed by atoms with Crippen molar-refractivity contribution in [3.05, 3.63) is 60.3 Å². The summed E-state index contributed by atoms with van der Waals surface area (Å²) < 4.78 is 2.07. The lowest BCUT2D eigenvalue weighted by Crippen LogP contribution is -2.38. The smallest absolute Gasteiger partial charge is 0.224 e. The lowest BCUT2D eigenvalue weighted by Gasteiger charge is -2.31. The van der Waals surface area contributed by atoms with Gasteiger partial charge in [-0.3, -0.25) is 0 Å². The maximum Gasteiger partial charge on any atom is 0.224 e. The molecule has 0 radical (unpaired) electrons. The van der Waals surface area contributed by atoms with Crippen molar-refractivity contribution in [1.82, 2.24) is 19.5 Å². The fraction of sp³-hybridized carbons (Fsp3) is 0.350. The maximum atomic E-state index is 9.90. The number of aryl methyl sites for hydroxylation is 1. The van der Waals surface area contributed by atoms with Crippen molar-refractivity contribution >= 4 is 11.8 Å². The summed E-state index contributed by atoms with van der Waals surface area (Å²) in [6, 6.07) is 10.1. The third kappa shape index (κ3) is 3.93. The number of benzene rings is 1. The maximum absolute atomic E-state index is 9.90. The SMILES string of the molecule is Cc1nccn1-c1ccccc1CNc1nccc(N2CCC[C@@H](O)C2)n1. The predicted molar refractivity (Wildman–Crippen MR) is 105 cm³/mol. The minimum Gasteiger partial charge on any atom is -0.391 e. The molecule has 7 nitrogen and oxygen atoms in total. The van der Waals surface area contributed by atoms with Crippen LogP contribution in [-0.4, -0.2) is 43.8 Å². The van der Waals surface area contributed by atoms with E-state index in [1.54, 1.807) is 12.4 Å². The molecule has 0 aliphatic carbocycles. The van der Waals surface area contributed by atoms with Crippen LogP contribution in [0.25, 0.3) is 5.69 Å². The van der Waals surface area contributed by atoms with E-state index < -0.39 is 0 Å². The highest BCUT2D eigenvalue weighted by atomic mass is 16.3. The van der Waals surface area contributed by atoms with E-state index in [0.717, 1.165) is 42.3 Å². The zero-order valence-electron chi connectivity index (χ0n) is 15.4. The third-order valence-electron chi connectivity index (χ3n) is 4.88. The van der Waals surface area contributed by atoms with Crippen molar-refractivity contribution in [2.24, 2.45) is 0 Å². The van der Waals surface area contributed by atoms with Crippen molar-refractivity contribution in [3.63, 3.8) is 0 Å². The van der Waals surface area contributed by atoms with Gasteiger partial charge in [0.05, 0.1) is 11.8 Å². The van der Waals surface area contributed by atoms with Gasteiger partial charge in [-0.25, -0.2) is 9.97 Å². The van der Waals surface area contributed by atoms with Gasteiger partial charge in [0.1, 0.15) is 11.6 Å². The molecular formula is C20H24N6O. The molecule has 0 saturated carbocycles. The zero-order valence-corrected chi connectivity index (χ0v) is 15.4. The summed E-state index contributed by atoms with van der Waals surface area (Å²) >= 11 is 0. The van der Waals surface area contributed by atoms with E-state index in [4.69, 9.17) is 0 Å². The summed E-state index contributed by atoms with van der Waals surface area (Å²) in [4.78, 5) is 15.4. The van der Waals surface area contributed by atoms with Gasteiger partial charge in [-0.15, -0.1) is 0 Å². The van der Waals surface area contributed by atoms with E-state index in [0.29, 0.717) is 19.0 Å². The first kappa shape index (κ1) is 17.5. The number of aliphatic hydroxyl groups is 1. The standard InChI is InChI=1S/C20H24N6O/c1-15-21-10-12-26(15)18-7-3-2-5-16(18)13-23-20-22-9-8-19(24-20)25-11-4-6-17(27)14-25/h2-3,5,7-10,12,17,27H,4,6,11,13-14H2,1H3,(H,22,23,24)/t17-/m1/s1. The first-order valence-electron chi connectivity index (χ1n) is 9.29. The fourth-order valence-electron chi connectivity index (χ4n) is 3.48. The van der Waals surface area contributed by atoms with E-state index >= 15 is 0 Å². The number of imidazole rings is 1. The van der Waals surface area contributed by atoms with Gasteiger partial charge in [0.2, 0.25) is 5.95 Å². The minimum atomic E-state index is -0.282. The summed E-state index contributed by atoms with van der Waals surface area (Å²) in [6.07, 6.45) is 7.09. The molecule has 3 heterocycles. The van der Waals surface area contributed by atoms with Crippen LogP contribution in [0.5, 0.6) is 0 Å². The molecule has 4 rings (SSSR count). The second-order valence-corrected chi connectivity index (χ2v) is 6.81. The van der Waals surface area contributed by atoms with Gasteiger partial charge in [0, 0.05) is 38.2 Å². The van der Waals surface area contributed by atoms with Crippen molar-refractivity contribution in [2.75, 3.05) is 23.3 Å². The highest BCUT2D eigenvalue weighted by Gasteiger charge is 2.19. The molecule has 3 aromatic rings. The number of piperidine rings is 1. The Morgan fingerprint density at radius 2 is 2.07 bits per heavy atom. The number of nitrogens with zero attached hydrogens (tertiary/aromatic N) is 5. The minimum absolute atomic E-state index is 0.282. The Morgan fingerprint density at radius 3 is 2.89 bits per heavy atom. The summed E-state index contributed by atoms with van der Waals surface area (Å²) in [6.45, 7) is 4.14. The summed E-state index contributed by atoms with van der Waals surface area (Å²) in [7, 11) is 0. The molecule has 140 valence electrons. The zero-order chi connectivity index (χ0) is 18.6. The van der Waals surface area contributed by atoms with E-state index in [1.165, 1.54) is 0 Å². The number of β-amino-alcohol motifs (C(OH)–C–C–N with tert-alkyl or cyclic N) is 1. The van der Waals surface area contributed by atoms with Gasteiger partial charge in [-0.1, -0.05) is 18.2 Å². The average molecular weight is 364 g/mol. The number of aromatic nitrogens is 4. The summed E-state index contributed by atoms with van der Waals surface area (Å²) in [5.74, 6) is 2.39. The summed E-state index contributed by atoms with van der Waals surface area (Å²) in [5, 5.41) is 13.2. The molecule has 1 aromatic carbocycles. The Bertz CT molecular complexity index is 909. The van der Waals surface area contributed by atoms with Crippen LogP contribution in [0.1, 0.15) is 24.2 Å². The molecule has 1 aliphatic rings. The van der Waals surface area contributed by atoms with Gasteiger partial charge in [-0.2, -0.15) is 4.98 Å². The van der Waals surface area contributed by atoms with Crippen LogP contribution in [0.15, 0.2) is 48.9 Å². The van der Waals surface area contributed by atoms with Crippen molar-refractivity contribution in [3.8, 4) is 5.69 Å². The molecule has 1 saturated heterocycles. The molecule has 2 N–H and O–H groups in total. The Hall–Kier alpha value is -2.93. The van der Waals surface area contributed by atoms with Crippen LogP contribution in [0.3, 0.4) is 0 Å². The molecule has 7 heteroatoms. The van der Waals surface area contributed by atoms with Crippen LogP contribution in [0.4, 0.5) is 11.8 Å². The van der Waals surface area contributed by atoms with Crippen LogP contribution < -0.4 is 10.2 Å². The topological polar surface area (TPSA) is 79.1 Å². The Labute approximate surface area is 158 Å².